The van der Waals surface area contributed by atoms with E-state index in [4.69, 9.17) is 14.2 Å². The predicted molar refractivity (Wildman–Crippen MR) is 97.5 cm³/mol. The first-order valence-electron chi connectivity index (χ1n) is 8.39. The van der Waals surface area contributed by atoms with Crippen LogP contribution in [0.15, 0.2) is 24.5 Å². The second-order valence-corrected chi connectivity index (χ2v) is 5.85. The Kier molecular flexibility index (Phi) is 5.42. The summed E-state index contributed by atoms with van der Waals surface area (Å²) < 4.78 is 16.1. The molecule has 7 heteroatoms. The van der Waals surface area contributed by atoms with Crippen LogP contribution in [-0.4, -0.2) is 44.4 Å². The summed E-state index contributed by atoms with van der Waals surface area (Å²) in [5.74, 6) is 3.42. The minimum atomic E-state index is 0.562. The molecule has 1 N–H and O–H groups in total. The third kappa shape index (κ3) is 3.87. The second-order valence-electron chi connectivity index (χ2n) is 5.85. The van der Waals surface area contributed by atoms with Crippen molar-refractivity contribution in [1.29, 1.82) is 0 Å². The molecule has 1 aromatic carbocycles. The lowest BCUT2D eigenvalue weighted by atomic mass is 10.1. The van der Waals surface area contributed by atoms with Crippen molar-refractivity contribution in [3.8, 4) is 17.2 Å². The molecule has 2 aromatic rings. The van der Waals surface area contributed by atoms with Crippen LogP contribution >= 0.6 is 0 Å². The molecule has 1 saturated heterocycles. The summed E-state index contributed by atoms with van der Waals surface area (Å²) in [6, 6.07) is 5.67. The van der Waals surface area contributed by atoms with Crippen LogP contribution in [0.4, 0.5) is 17.3 Å². The lowest BCUT2D eigenvalue weighted by Gasteiger charge is -2.27. The summed E-state index contributed by atoms with van der Waals surface area (Å²) in [5, 5.41) is 3.29. The second kappa shape index (κ2) is 7.92. The zero-order valence-electron chi connectivity index (χ0n) is 14.9. The Morgan fingerprint density at radius 2 is 1.56 bits per heavy atom. The monoisotopic (exact) mass is 344 g/mol. The highest BCUT2D eigenvalue weighted by Crippen LogP contribution is 2.40. The van der Waals surface area contributed by atoms with E-state index in [-0.39, 0.29) is 0 Å². The molecule has 25 heavy (non-hydrogen) atoms. The van der Waals surface area contributed by atoms with Gasteiger partial charge in [0.25, 0.3) is 0 Å². The van der Waals surface area contributed by atoms with Gasteiger partial charge in [-0.15, -0.1) is 0 Å². The standard InChI is InChI=1S/C18H24N4O3/c1-23-14-9-13(10-15(24-2)18(14)25-3)21-16-11-17(20-12-19-16)22-7-5-4-6-8-22/h9-12H,4-8H2,1-3H3,(H,19,20,21). The van der Waals surface area contributed by atoms with Gasteiger partial charge in [0.15, 0.2) is 11.5 Å². The zero-order valence-corrected chi connectivity index (χ0v) is 14.9. The van der Waals surface area contributed by atoms with Gasteiger partial charge in [0.05, 0.1) is 21.3 Å². The van der Waals surface area contributed by atoms with Crippen LogP contribution < -0.4 is 24.4 Å². The van der Waals surface area contributed by atoms with Crippen molar-refractivity contribution in [3.63, 3.8) is 0 Å². The predicted octanol–water partition coefficient (Wildman–Crippen LogP) is 3.24. The molecule has 0 saturated carbocycles. The third-order valence-electron chi connectivity index (χ3n) is 4.27. The maximum Gasteiger partial charge on any atom is 0.203 e. The van der Waals surface area contributed by atoms with E-state index in [1.54, 1.807) is 27.7 Å². The number of hydrogen-bond acceptors (Lipinski definition) is 7. The molecular weight excluding hydrogens is 320 g/mol. The van der Waals surface area contributed by atoms with E-state index in [1.807, 2.05) is 18.2 Å². The number of piperidine rings is 1. The Morgan fingerprint density at radius 3 is 2.16 bits per heavy atom. The van der Waals surface area contributed by atoms with Crippen LogP contribution in [0.1, 0.15) is 19.3 Å². The summed E-state index contributed by atoms with van der Waals surface area (Å²) in [6.45, 7) is 2.08. The number of methoxy groups -OCH3 is 3. The Morgan fingerprint density at radius 1 is 0.880 bits per heavy atom. The van der Waals surface area contributed by atoms with Crippen LogP contribution in [0.3, 0.4) is 0 Å². The Balaban J connectivity index is 1.84. The molecular formula is C18H24N4O3. The molecule has 1 fully saturated rings. The van der Waals surface area contributed by atoms with Crippen LogP contribution in [0, 0.1) is 0 Å². The average Bonchev–Trinajstić information content (AvgIpc) is 2.68. The van der Waals surface area contributed by atoms with Crippen molar-refractivity contribution in [2.24, 2.45) is 0 Å². The lowest BCUT2D eigenvalue weighted by molar-refractivity contribution is 0.324. The highest BCUT2D eigenvalue weighted by Gasteiger charge is 2.15. The van der Waals surface area contributed by atoms with Crippen molar-refractivity contribution in [2.75, 3.05) is 44.6 Å². The van der Waals surface area contributed by atoms with Crippen LogP contribution in [0.25, 0.3) is 0 Å². The Bertz CT molecular complexity index is 692. The van der Waals surface area contributed by atoms with Crippen molar-refractivity contribution in [1.82, 2.24) is 9.97 Å². The number of nitrogens with zero attached hydrogens (tertiary/aromatic N) is 3. The molecule has 2 heterocycles. The minimum absolute atomic E-state index is 0.562. The fraction of sp³-hybridized carbons (Fsp3) is 0.444. The normalized spacial score (nSPS) is 14.1. The van der Waals surface area contributed by atoms with Gasteiger partial charge in [-0.3, -0.25) is 0 Å². The summed E-state index contributed by atoms with van der Waals surface area (Å²) in [4.78, 5) is 11.0. The van der Waals surface area contributed by atoms with Crippen molar-refractivity contribution in [2.45, 2.75) is 19.3 Å². The summed E-state index contributed by atoms with van der Waals surface area (Å²) in [5.41, 5.74) is 0.804. The van der Waals surface area contributed by atoms with Crippen molar-refractivity contribution < 1.29 is 14.2 Å². The number of nitrogens with one attached hydrogen (secondary N) is 1. The first kappa shape index (κ1) is 17.1. The van der Waals surface area contributed by atoms with Gasteiger partial charge in [-0.2, -0.15) is 0 Å². The minimum Gasteiger partial charge on any atom is -0.493 e. The lowest BCUT2D eigenvalue weighted by Crippen LogP contribution is -2.30. The van der Waals surface area contributed by atoms with Gasteiger partial charge in [-0.1, -0.05) is 0 Å². The first-order valence-corrected chi connectivity index (χ1v) is 8.39. The van der Waals surface area contributed by atoms with Crippen molar-refractivity contribution >= 4 is 17.3 Å². The molecule has 0 bridgehead atoms. The van der Waals surface area contributed by atoms with Gasteiger partial charge in [0, 0.05) is 37.0 Å². The molecule has 3 rings (SSSR count). The van der Waals surface area contributed by atoms with Crippen LogP contribution in [0.2, 0.25) is 0 Å². The number of aromatic nitrogens is 2. The largest absolute Gasteiger partial charge is 0.493 e. The molecule has 7 nitrogen and oxygen atoms in total. The number of hydrogen-bond donors (Lipinski definition) is 1. The smallest absolute Gasteiger partial charge is 0.203 e. The number of benzene rings is 1. The molecule has 0 atom stereocenters. The highest BCUT2D eigenvalue weighted by molar-refractivity contribution is 5.67. The Labute approximate surface area is 147 Å². The van der Waals surface area contributed by atoms with Gasteiger partial charge in [-0.05, 0) is 19.3 Å². The van der Waals surface area contributed by atoms with E-state index in [9.17, 15) is 0 Å². The number of ether oxygens (including phenoxy) is 3. The zero-order chi connectivity index (χ0) is 17.6. The SMILES string of the molecule is COc1cc(Nc2cc(N3CCCCC3)ncn2)cc(OC)c1OC. The van der Waals surface area contributed by atoms with E-state index in [2.05, 4.69) is 20.2 Å². The molecule has 0 radical (unpaired) electrons. The highest BCUT2D eigenvalue weighted by atomic mass is 16.5. The molecule has 134 valence electrons. The summed E-state index contributed by atoms with van der Waals surface area (Å²) in [6.07, 6.45) is 5.29. The quantitative estimate of drug-likeness (QED) is 0.863. The average molecular weight is 344 g/mol. The van der Waals surface area contributed by atoms with E-state index in [0.29, 0.717) is 17.2 Å². The number of anilines is 3. The maximum atomic E-state index is 5.39. The molecule has 0 aliphatic carbocycles. The van der Waals surface area contributed by atoms with Crippen LogP contribution in [0.5, 0.6) is 17.2 Å². The summed E-state index contributed by atoms with van der Waals surface area (Å²) in [7, 11) is 4.78. The molecule has 1 aliphatic rings. The number of rotatable bonds is 6. The van der Waals surface area contributed by atoms with Gasteiger partial charge in [0.2, 0.25) is 5.75 Å². The molecule has 0 spiro atoms. The van der Waals surface area contributed by atoms with E-state index >= 15 is 0 Å². The van der Waals surface area contributed by atoms with Crippen LogP contribution in [-0.2, 0) is 0 Å². The Hall–Kier alpha value is -2.70. The van der Waals surface area contributed by atoms with Gasteiger partial charge in [0.1, 0.15) is 18.0 Å². The molecule has 1 aromatic heterocycles. The van der Waals surface area contributed by atoms with E-state index in [1.165, 1.54) is 19.3 Å². The topological polar surface area (TPSA) is 68.7 Å². The molecule has 1 aliphatic heterocycles. The fourth-order valence-corrected chi connectivity index (χ4v) is 3.01. The summed E-state index contributed by atoms with van der Waals surface area (Å²) >= 11 is 0. The molecule has 0 unspecified atom stereocenters. The van der Waals surface area contributed by atoms with Crippen molar-refractivity contribution in [3.05, 3.63) is 24.5 Å². The fourth-order valence-electron chi connectivity index (χ4n) is 3.01. The van der Waals surface area contributed by atoms with E-state index < -0.39 is 0 Å². The van der Waals surface area contributed by atoms with Gasteiger partial charge in [-0.25, -0.2) is 9.97 Å². The van der Waals surface area contributed by atoms with Gasteiger partial charge < -0.3 is 24.4 Å². The maximum absolute atomic E-state index is 5.39. The first-order chi connectivity index (χ1) is 12.2. The molecule has 0 amide bonds. The third-order valence-corrected chi connectivity index (χ3v) is 4.27. The van der Waals surface area contributed by atoms with Gasteiger partial charge >= 0.3 is 0 Å². The van der Waals surface area contributed by atoms with E-state index in [0.717, 1.165) is 30.4 Å².